The standard InChI is InChI=1S/C14H29NO/c1-5-16-9-8-15-14-10-12(4)6-7-13(14)11(2)3/h11-15H,5-10H2,1-4H3. The lowest BCUT2D eigenvalue weighted by Gasteiger charge is -2.38. The van der Waals surface area contributed by atoms with Gasteiger partial charge in [0.1, 0.15) is 0 Å². The van der Waals surface area contributed by atoms with Crippen molar-refractivity contribution in [3.63, 3.8) is 0 Å². The Morgan fingerprint density at radius 2 is 2.06 bits per heavy atom. The van der Waals surface area contributed by atoms with Crippen molar-refractivity contribution in [2.24, 2.45) is 17.8 Å². The summed E-state index contributed by atoms with van der Waals surface area (Å²) in [5.41, 5.74) is 0. The topological polar surface area (TPSA) is 21.3 Å². The molecule has 3 atom stereocenters. The molecule has 1 saturated carbocycles. The van der Waals surface area contributed by atoms with Crippen molar-refractivity contribution in [3.8, 4) is 0 Å². The minimum Gasteiger partial charge on any atom is -0.380 e. The maximum Gasteiger partial charge on any atom is 0.0590 e. The van der Waals surface area contributed by atoms with Crippen molar-refractivity contribution in [1.29, 1.82) is 0 Å². The highest BCUT2D eigenvalue weighted by molar-refractivity contribution is 4.85. The molecule has 0 aromatic heterocycles. The van der Waals surface area contributed by atoms with E-state index >= 15 is 0 Å². The Labute approximate surface area is 101 Å². The molecule has 0 aromatic carbocycles. The molecule has 1 aliphatic carbocycles. The summed E-state index contributed by atoms with van der Waals surface area (Å²) in [6.45, 7) is 11.8. The largest absolute Gasteiger partial charge is 0.380 e. The predicted molar refractivity (Wildman–Crippen MR) is 69.6 cm³/mol. The zero-order chi connectivity index (χ0) is 12.0. The third-order valence-electron chi connectivity index (χ3n) is 3.88. The first-order valence-electron chi connectivity index (χ1n) is 6.96. The second-order valence-electron chi connectivity index (χ2n) is 5.58. The normalized spacial score (nSPS) is 30.9. The summed E-state index contributed by atoms with van der Waals surface area (Å²) in [5, 5.41) is 3.69. The Kier molecular flexibility index (Phi) is 6.37. The summed E-state index contributed by atoms with van der Waals surface area (Å²) >= 11 is 0. The van der Waals surface area contributed by atoms with Crippen LogP contribution in [0.25, 0.3) is 0 Å². The molecule has 2 heteroatoms. The van der Waals surface area contributed by atoms with Gasteiger partial charge in [-0.05, 0) is 37.5 Å². The maximum absolute atomic E-state index is 5.38. The van der Waals surface area contributed by atoms with Crippen LogP contribution in [0.3, 0.4) is 0 Å². The first kappa shape index (κ1) is 14.0. The van der Waals surface area contributed by atoms with Crippen LogP contribution < -0.4 is 5.32 Å². The lowest BCUT2D eigenvalue weighted by molar-refractivity contribution is 0.126. The van der Waals surface area contributed by atoms with Gasteiger partial charge in [0.15, 0.2) is 0 Å². The van der Waals surface area contributed by atoms with Gasteiger partial charge in [-0.2, -0.15) is 0 Å². The molecule has 16 heavy (non-hydrogen) atoms. The van der Waals surface area contributed by atoms with Crippen molar-refractivity contribution >= 4 is 0 Å². The zero-order valence-electron chi connectivity index (χ0n) is 11.5. The van der Waals surface area contributed by atoms with E-state index in [2.05, 4.69) is 33.0 Å². The highest BCUT2D eigenvalue weighted by Crippen LogP contribution is 2.33. The number of ether oxygens (including phenoxy) is 1. The minimum absolute atomic E-state index is 0.712. The highest BCUT2D eigenvalue weighted by Gasteiger charge is 2.29. The first-order chi connectivity index (χ1) is 7.65. The van der Waals surface area contributed by atoms with E-state index in [9.17, 15) is 0 Å². The molecule has 2 nitrogen and oxygen atoms in total. The summed E-state index contributed by atoms with van der Waals surface area (Å²) in [4.78, 5) is 0. The van der Waals surface area contributed by atoms with Crippen molar-refractivity contribution in [2.75, 3.05) is 19.8 Å². The maximum atomic E-state index is 5.38. The van der Waals surface area contributed by atoms with Crippen LogP contribution >= 0.6 is 0 Å². The number of nitrogens with one attached hydrogen (secondary N) is 1. The van der Waals surface area contributed by atoms with Crippen LogP contribution in [0.5, 0.6) is 0 Å². The quantitative estimate of drug-likeness (QED) is 0.704. The Morgan fingerprint density at radius 1 is 1.31 bits per heavy atom. The average molecular weight is 227 g/mol. The van der Waals surface area contributed by atoms with E-state index in [1.807, 2.05) is 0 Å². The fourth-order valence-electron chi connectivity index (χ4n) is 2.90. The highest BCUT2D eigenvalue weighted by atomic mass is 16.5. The summed E-state index contributed by atoms with van der Waals surface area (Å²) in [6, 6.07) is 0.712. The van der Waals surface area contributed by atoms with E-state index in [-0.39, 0.29) is 0 Å². The molecule has 0 heterocycles. The summed E-state index contributed by atoms with van der Waals surface area (Å²) in [5.74, 6) is 2.55. The summed E-state index contributed by atoms with van der Waals surface area (Å²) < 4.78 is 5.38. The average Bonchev–Trinajstić information content (AvgIpc) is 2.24. The number of hydrogen-bond donors (Lipinski definition) is 1. The van der Waals surface area contributed by atoms with Crippen molar-refractivity contribution in [1.82, 2.24) is 5.32 Å². The van der Waals surface area contributed by atoms with Crippen LogP contribution in [0.2, 0.25) is 0 Å². The van der Waals surface area contributed by atoms with Gasteiger partial charge >= 0.3 is 0 Å². The fourth-order valence-corrected chi connectivity index (χ4v) is 2.90. The van der Waals surface area contributed by atoms with Crippen LogP contribution in [0.15, 0.2) is 0 Å². The molecule has 0 bridgehead atoms. The number of hydrogen-bond acceptors (Lipinski definition) is 2. The van der Waals surface area contributed by atoms with Gasteiger partial charge in [-0.25, -0.2) is 0 Å². The lowest BCUT2D eigenvalue weighted by Crippen LogP contribution is -2.44. The van der Waals surface area contributed by atoms with E-state index in [0.29, 0.717) is 6.04 Å². The molecular formula is C14H29NO. The molecular weight excluding hydrogens is 198 g/mol. The van der Waals surface area contributed by atoms with Gasteiger partial charge in [0.2, 0.25) is 0 Å². The Balaban J connectivity index is 2.33. The molecule has 1 rings (SSSR count). The van der Waals surface area contributed by atoms with Crippen molar-refractivity contribution in [2.45, 2.75) is 53.0 Å². The van der Waals surface area contributed by atoms with E-state index in [4.69, 9.17) is 4.74 Å². The van der Waals surface area contributed by atoms with Crippen LogP contribution in [-0.2, 0) is 4.74 Å². The van der Waals surface area contributed by atoms with Gasteiger partial charge in [0.25, 0.3) is 0 Å². The van der Waals surface area contributed by atoms with Crippen LogP contribution in [0.1, 0.15) is 47.0 Å². The monoisotopic (exact) mass is 227 g/mol. The van der Waals surface area contributed by atoms with Crippen molar-refractivity contribution in [3.05, 3.63) is 0 Å². The molecule has 1 N–H and O–H groups in total. The Hall–Kier alpha value is -0.0800. The molecule has 3 unspecified atom stereocenters. The van der Waals surface area contributed by atoms with Gasteiger partial charge in [-0.1, -0.05) is 27.2 Å². The second-order valence-corrected chi connectivity index (χ2v) is 5.58. The van der Waals surface area contributed by atoms with Gasteiger partial charge in [0, 0.05) is 19.2 Å². The Morgan fingerprint density at radius 3 is 2.69 bits per heavy atom. The molecule has 0 saturated heterocycles. The molecule has 1 aliphatic rings. The van der Waals surface area contributed by atoms with Gasteiger partial charge in [-0.15, -0.1) is 0 Å². The SMILES string of the molecule is CCOCCNC1CC(C)CCC1C(C)C. The molecule has 0 spiro atoms. The van der Waals surface area contributed by atoms with Crippen LogP contribution in [-0.4, -0.2) is 25.8 Å². The summed E-state index contributed by atoms with van der Waals surface area (Å²) in [7, 11) is 0. The van der Waals surface area contributed by atoms with E-state index in [0.717, 1.165) is 37.5 Å². The second kappa shape index (κ2) is 7.29. The van der Waals surface area contributed by atoms with Crippen molar-refractivity contribution < 1.29 is 4.74 Å². The van der Waals surface area contributed by atoms with Gasteiger partial charge in [0.05, 0.1) is 6.61 Å². The lowest BCUT2D eigenvalue weighted by atomic mass is 9.74. The van der Waals surface area contributed by atoms with Crippen LogP contribution in [0.4, 0.5) is 0 Å². The first-order valence-corrected chi connectivity index (χ1v) is 6.96. The predicted octanol–water partition coefficient (Wildman–Crippen LogP) is 3.07. The molecule has 0 aromatic rings. The molecule has 1 fully saturated rings. The number of rotatable bonds is 6. The fraction of sp³-hybridized carbons (Fsp3) is 1.00. The van der Waals surface area contributed by atoms with E-state index < -0.39 is 0 Å². The van der Waals surface area contributed by atoms with E-state index in [1.54, 1.807) is 0 Å². The third-order valence-corrected chi connectivity index (χ3v) is 3.88. The molecule has 96 valence electrons. The molecule has 0 radical (unpaired) electrons. The van der Waals surface area contributed by atoms with Gasteiger partial charge < -0.3 is 10.1 Å². The van der Waals surface area contributed by atoms with Gasteiger partial charge in [-0.3, -0.25) is 0 Å². The molecule has 0 amide bonds. The molecule has 0 aliphatic heterocycles. The third kappa shape index (κ3) is 4.42. The zero-order valence-corrected chi connectivity index (χ0v) is 11.5. The Bertz CT molecular complexity index is 182. The van der Waals surface area contributed by atoms with Crippen LogP contribution in [0, 0.1) is 17.8 Å². The van der Waals surface area contributed by atoms with E-state index in [1.165, 1.54) is 19.3 Å². The smallest absolute Gasteiger partial charge is 0.0590 e. The summed E-state index contributed by atoms with van der Waals surface area (Å²) in [6.07, 6.45) is 4.15. The minimum atomic E-state index is 0.712.